The molecule has 2 aromatic heterocycles. The first-order chi connectivity index (χ1) is 14.1. The van der Waals surface area contributed by atoms with Crippen LogP contribution in [0.5, 0.6) is 11.5 Å². The van der Waals surface area contributed by atoms with Crippen LogP contribution in [0.25, 0.3) is 10.3 Å². The lowest BCUT2D eigenvalue weighted by atomic mass is 10.2. The third kappa shape index (κ3) is 3.81. The molecule has 0 spiro atoms. The van der Waals surface area contributed by atoms with E-state index in [4.69, 9.17) is 15.2 Å². The molecular weight excluding hydrogens is 394 g/mol. The van der Waals surface area contributed by atoms with Crippen molar-refractivity contribution >= 4 is 45.2 Å². The Balaban J connectivity index is 1.44. The van der Waals surface area contributed by atoms with Crippen molar-refractivity contribution in [3.05, 3.63) is 23.7 Å². The molecule has 0 saturated carbocycles. The minimum atomic E-state index is -0.197. The van der Waals surface area contributed by atoms with Gasteiger partial charge >= 0.3 is 6.03 Å². The zero-order valence-electron chi connectivity index (χ0n) is 16.1. The van der Waals surface area contributed by atoms with Crippen LogP contribution in [0.2, 0.25) is 0 Å². The number of methoxy groups -OCH3 is 2. The quantitative estimate of drug-likeness (QED) is 0.664. The molecule has 1 aliphatic rings. The third-order valence-corrected chi connectivity index (χ3v) is 5.43. The molecule has 29 heavy (non-hydrogen) atoms. The van der Waals surface area contributed by atoms with E-state index in [0.717, 1.165) is 10.3 Å². The van der Waals surface area contributed by atoms with E-state index in [0.29, 0.717) is 49.2 Å². The number of anilines is 3. The number of piperazine rings is 1. The molecule has 2 amide bonds. The Bertz CT molecular complexity index is 1030. The van der Waals surface area contributed by atoms with E-state index in [1.165, 1.54) is 11.3 Å². The first-order valence-corrected chi connectivity index (χ1v) is 9.86. The number of nitrogens with one attached hydrogen (secondary N) is 1. The number of ether oxygens (including phenoxy) is 2. The highest BCUT2D eigenvalue weighted by Gasteiger charge is 2.25. The van der Waals surface area contributed by atoms with Gasteiger partial charge in [-0.3, -0.25) is 0 Å². The van der Waals surface area contributed by atoms with Crippen molar-refractivity contribution in [1.82, 2.24) is 19.9 Å². The number of benzene rings is 1. The van der Waals surface area contributed by atoms with Crippen LogP contribution in [0, 0.1) is 0 Å². The molecule has 152 valence electrons. The fourth-order valence-corrected chi connectivity index (χ4v) is 3.87. The second-order valence-corrected chi connectivity index (χ2v) is 7.22. The van der Waals surface area contributed by atoms with Gasteiger partial charge in [0.1, 0.15) is 17.0 Å². The van der Waals surface area contributed by atoms with Crippen molar-refractivity contribution in [2.45, 2.75) is 0 Å². The van der Waals surface area contributed by atoms with Crippen LogP contribution in [-0.4, -0.2) is 66.3 Å². The monoisotopic (exact) mass is 415 g/mol. The van der Waals surface area contributed by atoms with Gasteiger partial charge in [-0.25, -0.2) is 14.8 Å². The lowest BCUT2D eigenvalue weighted by Crippen LogP contribution is -2.50. The van der Waals surface area contributed by atoms with Crippen LogP contribution in [-0.2, 0) is 0 Å². The fourth-order valence-electron chi connectivity index (χ4n) is 3.21. The summed E-state index contributed by atoms with van der Waals surface area (Å²) in [5.41, 5.74) is 8.87. The third-order valence-electron chi connectivity index (χ3n) is 4.71. The van der Waals surface area contributed by atoms with Crippen LogP contribution in [0.4, 0.5) is 22.2 Å². The van der Waals surface area contributed by atoms with E-state index < -0.39 is 0 Å². The molecule has 1 aromatic carbocycles. The van der Waals surface area contributed by atoms with Gasteiger partial charge in [-0.05, 0) is 12.1 Å². The standard InChI is InChI=1S/C18H21N7O3S/c1-27-11-3-4-13(28-2)12(9-11)21-18(26)25-7-5-24(6-8-25)15-14-16(29-10-20-14)23-17(19)22-15/h3-4,9-10H,5-8H2,1-2H3,(H,21,26)(H2,19,22,23). The highest BCUT2D eigenvalue weighted by molar-refractivity contribution is 7.16. The number of hydrogen-bond donors (Lipinski definition) is 2. The maximum absolute atomic E-state index is 12.7. The predicted molar refractivity (Wildman–Crippen MR) is 112 cm³/mol. The molecule has 1 aliphatic heterocycles. The molecule has 1 saturated heterocycles. The molecule has 3 aromatic rings. The summed E-state index contributed by atoms with van der Waals surface area (Å²) in [5.74, 6) is 2.14. The van der Waals surface area contributed by atoms with Crippen molar-refractivity contribution in [2.24, 2.45) is 0 Å². The number of amides is 2. The summed E-state index contributed by atoms with van der Waals surface area (Å²) in [5, 5.41) is 2.90. The normalized spacial score (nSPS) is 14.1. The SMILES string of the molecule is COc1ccc(OC)c(NC(=O)N2CCN(c3nc(N)nc4scnc34)CC2)c1. The Morgan fingerprint density at radius 1 is 1.17 bits per heavy atom. The molecule has 3 heterocycles. The molecule has 11 heteroatoms. The van der Waals surface area contributed by atoms with Gasteiger partial charge in [-0.15, -0.1) is 11.3 Å². The van der Waals surface area contributed by atoms with E-state index in [-0.39, 0.29) is 12.0 Å². The Morgan fingerprint density at radius 3 is 2.69 bits per heavy atom. The number of fused-ring (bicyclic) bond motifs is 1. The summed E-state index contributed by atoms with van der Waals surface area (Å²) >= 11 is 1.43. The molecule has 0 unspecified atom stereocenters. The maximum atomic E-state index is 12.7. The van der Waals surface area contributed by atoms with Crippen molar-refractivity contribution in [2.75, 3.05) is 56.3 Å². The molecule has 0 aliphatic carbocycles. The van der Waals surface area contributed by atoms with Gasteiger partial charge in [0.25, 0.3) is 0 Å². The van der Waals surface area contributed by atoms with Crippen LogP contribution in [0.3, 0.4) is 0 Å². The molecule has 0 radical (unpaired) electrons. The van der Waals surface area contributed by atoms with E-state index in [1.807, 2.05) is 0 Å². The molecule has 0 bridgehead atoms. The number of carbonyl (C=O) groups excluding carboxylic acids is 1. The van der Waals surface area contributed by atoms with Crippen molar-refractivity contribution in [3.63, 3.8) is 0 Å². The topological polar surface area (TPSA) is 119 Å². The second-order valence-electron chi connectivity index (χ2n) is 6.38. The summed E-state index contributed by atoms with van der Waals surface area (Å²) in [6.07, 6.45) is 0. The maximum Gasteiger partial charge on any atom is 0.322 e. The number of aromatic nitrogens is 3. The Hall–Kier alpha value is -3.34. The van der Waals surface area contributed by atoms with Gasteiger partial charge in [0.05, 0.1) is 25.4 Å². The number of nitrogens with two attached hydrogens (primary N) is 1. The van der Waals surface area contributed by atoms with E-state index in [2.05, 4.69) is 25.2 Å². The number of urea groups is 1. The number of hydrogen-bond acceptors (Lipinski definition) is 9. The second kappa shape index (κ2) is 7.95. The summed E-state index contributed by atoms with van der Waals surface area (Å²) in [6.45, 7) is 2.30. The molecular formula is C18H21N7O3S. The first-order valence-electron chi connectivity index (χ1n) is 8.98. The fraction of sp³-hybridized carbons (Fsp3) is 0.333. The van der Waals surface area contributed by atoms with Crippen LogP contribution >= 0.6 is 11.3 Å². The average molecular weight is 415 g/mol. The number of carbonyl (C=O) groups is 1. The Morgan fingerprint density at radius 2 is 1.97 bits per heavy atom. The summed E-state index contributed by atoms with van der Waals surface area (Å²) in [7, 11) is 3.13. The summed E-state index contributed by atoms with van der Waals surface area (Å²) < 4.78 is 10.6. The van der Waals surface area contributed by atoms with Crippen LogP contribution in [0.15, 0.2) is 23.7 Å². The zero-order chi connectivity index (χ0) is 20.4. The zero-order valence-corrected chi connectivity index (χ0v) is 16.9. The highest BCUT2D eigenvalue weighted by atomic mass is 32.1. The number of rotatable bonds is 4. The molecule has 10 nitrogen and oxygen atoms in total. The smallest absolute Gasteiger partial charge is 0.322 e. The van der Waals surface area contributed by atoms with Crippen LogP contribution < -0.4 is 25.4 Å². The molecule has 1 fully saturated rings. The average Bonchev–Trinajstić information content (AvgIpc) is 3.21. The minimum absolute atomic E-state index is 0.197. The van der Waals surface area contributed by atoms with Gasteiger partial charge < -0.3 is 30.3 Å². The van der Waals surface area contributed by atoms with Gasteiger partial charge in [-0.2, -0.15) is 4.98 Å². The van der Waals surface area contributed by atoms with Gasteiger partial charge in [0.15, 0.2) is 10.6 Å². The van der Waals surface area contributed by atoms with Crippen molar-refractivity contribution in [1.29, 1.82) is 0 Å². The number of nitrogen functional groups attached to an aromatic ring is 1. The largest absolute Gasteiger partial charge is 0.497 e. The first kappa shape index (κ1) is 19.0. The van der Waals surface area contributed by atoms with Crippen LogP contribution in [0.1, 0.15) is 0 Å². The van der Waals surface area contributed by atoms with E-state index in [9.17, 15) is 4.79 Å². The molecule has 4 rings (SSSR count). The Labute approximate surface area is 171 Å². The van der Waals surface area contributed by atoms with E-state index in [1.54, 1.807) is 42.8 Å². The predicted octanol–water partition coefficient (Wildman–Crippen LogP) is 2.04. The lowest BCUT2D eigenvalue weighted by molar-refractivity contribution is 0.208. The highest BCUT2D eigenvalue weighted by Crippen LogP contribution is 2.30. The van der Waals surface area contributed by atoms with Crippen molar-refractivity contribution < 1.29 is 14.3 Å². The minimum Gasteiger partial charge on any atom is -0.497 e. The van der Waals surface area contributed by atoms with Gasteiger partial charge in [0, 0.05) is 32.2 Å². The number of thiazole rings is 1. The van der Waals surface area contributed by atoms with Gasteiger partial charge in [0.2, 0.25) is 5.95 Å². The van der Waals surface area contributed by atoms with E-state index >= 15 is 0 Å². The summed E-state index contributed by atoms with van der Waals surface area (Å²) in [6, 6.07) is 5.07. The lowest BCUT2D eigenvalue weighted by Gasteiger charge is -2.35. The molecule has 3 N–H and O–H groups in total. The Kier molecular flexibility index (Phi) is 5.21. The number of nitrogens with zero attached hydrogens (tertiary/aromatic N) is 5. The van der Waals surface area contributed by atoms with Crippen molar-refractivity contribution in [3.8, 4) is 11.5 Å². The molecule has 0 atom stereocenters. The summed E-state index contributed by atoms with van der Waals surface area (Å²) in [4.78, 5) is 30.3. The van der Waals surface area contributed by atoms with Gasteiger partial charge in [-0.1, -0.05) is 0 Å².